The molecule has 0 aromatic heterocycles. The van der Waals surface area contributed by atoms with Crippen molar-refractivity contribution < 1.29 is 14.3 Å². The zero-order valence-electron chi connectivity index (χ0n) is 10.3. The fraction of sp³-hybridized carbons (Fsp3) is 0.500. The van der Waals surface area contributed by atoms with Crippen LogP contribution in [-0.4, -0.2) is 42.0 Å². The third-order valence-corrected chi connectivity index (χ3v) is 3.37. The number of hydrogen-bond donors (Lipinski definition) is 1. The standard InChI is InChI=1S/C14H18FNO2/c15-14-4-2-1-3-12(14)7-13(18)9-16-6-5-11(8-16)10-17/h1-4,11,17H,5-10H2. The lowest BCUT2D eigenvalue weighted by atomic mass is 10.1. The Hall–Kier alpha value is -1.26. The van der Waals surface area contributed by atoms with E-state index < -0.39 is 0 Å². The second-order valence-corrected chi connectivity index (χ2v) is 4.88. The number of hydrogen-bond acceptors (Lipinski definition) is 3. The first kappa shape index (κ1) is 13.2. The molecule has 1 aromatic carbocycles. The molecule has 0 aliphatic carbocycles. The first-order chi connectivity index (χ1) is 8.69. The SMILES string of the molecule is O=C(Cc1ccccc1F)CN1CCC(CO)C1. The van der Waals surface area contributed by atoms with Crippen LogP contribution in [0.25, 0.3) is 0 Å². The molecule has 1 unspecified atom stereocenters. The van der Waals surface area contributed by atoms with Gasteiger partial charge in [0.05, 0.1) is 6.54 Å². The Morgan fingerprint density at radius 1 is 1.44 bits per heavy atom. The molecular weight excluding hydrogens is 233 g/mol. The van der Waals surface area contributed by atoms with Crippen molar-refractivity contribution >= 4 is 5.78 Å². The summed E-state index contributed by atoms with van der Waals surface area (Å²) in [6.07, 6.45) is 1.08. The van der Waals surface area contributed by atoms with Crippen molar-refractivity contribution in [3.63, 3.8) is 0 Å². The highest BCUT2D eigenvalue weighted by atomic mass is 19.1. The molecule has 2 rings (SSSR count). The molecule has 0 radical (unpaired) electrons. The summed E-state index contributed by atoms with van der Waals surface area (Å²) in [5.41, 5.74) is 0.459. The number of carbonyl (C=O) groups is 1. The highest BCUT2D eigenvalue weighted by Gasteiger charge is 2.23. The average molecular weight is 251 g/mol. The van der Waals surface area contributed by atoms with Crippen LogP contribution in [0.4, 0.5) is 4.39 Å². The maximum absolute atomic E-state index is 13.4. The van der Waals surface area contributed by atoms with Crippen molar-refractivity contribution in [2.24, 2.45) is 5.92 Å². The monoisotopic (exact) mass is 251 g/mol. The summed E-state index contributed by atoms with van der Waals surface area (Å²) in [6.45, 7) is 2.14. The minimum Gasteiger partial charge on any atom is -0.396 e. The molecule has 1 aliphatic rings. The number of Topliss-reactive ketones (excluding diaryl/α,β-unsaturated/α-hetero) is 1. The van der Waals surface area contributed by atoms with E-state index in [0.717, 1.165) is 19.5 Å². The molecule has 98 valence electrons. The quantitative estimate of drug-likeness (QED) is 0.856. The van der Waals surface area contributed by atoms with E-state index in [-0.39, 0.29) is 30.5 Å². The molecule has 0 bridgehead atoms. The van der Waals surface area contributed by atoms with E-state index in [0.29, 0.717) is 12.1 Å². The second-order valence-electron chi connectivity index (χ2n) is 4.88. The number of benzene rings is 1. The third-order valence-electron chi connectivity index (χ3n) is 3.37. The van der Waals surface area contributed by atoms with E-state index in [1.165, 1.54) is 6.07 Å². The van der Waals surface area contributed by atoms with Gasteiger partial charge in [-0.1, -0.05) is 18.2 Å². The zero-order valence-corrected chi connectivity index (χ0v) is 10.3. The van der Waals surface area contributed by atoms with Gasteiger partial charge in [-0.2, -0.15) is 0 Å². The molecular formula is C14H18FNO2. The summed E-state index contributed by atoms with van der Waals surface area (Å²) in [5.74, 6) is -0.00884. The molecule has 1 N–H and O–H groups in total. The van der Waals surface area contributed by atoms with Crippen LogP contribution in [0.1, 0.15) is 12.0 Å². The molecule has 0 saturated carbocycles. The predicted octanol–water partition coefficient (Wildman–Crippen LogP) is 1.25. The van der Waals surface area contributed by atoms with E-state index in [1.807, 2.05) is 4.90 Å². The minimum absolute atomic E-state index is 0.0266. The smallest absolute Gasteiger partial charge is 0.151 e. The van der Waals surface area contributed by atoms with Gasteiger partial charge in [-0.25, -0.2) is 4.39 Å². The molecule has 0 amide bonds. The molecule has 1 aliphatic heterocycles. The first-order valence-electron chi connectivity index (χ1n) is 6.27. The lowest BCUT2D eigenvalue weighted by molar-refractivity contribution is -0.119. The van der Waals surface area contributed by atoms with Crippen molar-refractivity contribution in [2.45, 2.75) is 12.8 Å². The lowest BCUT2D eigenvalue weighted by Crippen LogP contribution is -2.29. The molecule has 1 aromatic rings. The van der Waals surface area contributed by atoms with Gasteiger partial charge in [0.2, 0.25) is 0 Å². The fourth-order valence-electron chi connectivity index (χ4n) is 2.36. The number of nitrogens with zero attached hydrogens (tertiary/aromatic N) is 1. The fourth-order valence-corrected chi connectivity index (χ4v) is 2.36. The summed E-state index contributed by atoms with van der Waals surface area (Å²) in [4.78, 5) is 13.9. The van der Waals surface area contributed by atoms with Gasteiger partial charge >= 0.3 is 0 Å². The van der Waals surface area contributed by atoms with Crippen molar-refractivity contribution in [3.8, 4) is 0 Å². The topological polar surface area (TPSA) is 40.5 Å². The van der Waals surface area contributed by atoms with Crippen molar-refractivity contribution in [1.29, 1.82) is 0 Å². The molecule has 1 heterocycles. The average Bonchev–Trinajstić information content (AvgIpc) is 2.80. The Morgan fingerprint density at radius 2 is 2.22 bits per heavy atom. The van der Waals surface area contributed by atoms with Gasteiger partial charge in [-0.3, -0.25) is 9.69 Å². The van der Waals surface area contributed by atoms with Gasteiger partial charge in [0.15, 0.2) is 5.78 Å². The Bertz CT molecular complexity index is 422. The summed E-state index contributed by atoms with van der Waals surface area (Å²) in [7, 11) is 0. The van der Waals surface area contributed by atoms with E-state index in [4.69, 9.17) is 5.11 Å². The van der Waals surface area contributed by atoms with Gasteiger partial charge in [0.1, 0.15) is 5.82 Å². The first-order valence-corrected chi connectivity index (χ1v) is 6.27. The number of halogens is 1. The molecule has 1 atom stereocenters. The van der Waals surface area contributed by atoms with Gasteiger partial charge in [-0.15, -0.1) is 0 Å². The molecule has 18 heavy (non-hydrogen) atoms. The highest BCUT2D eigenvalue weighted by Crippen LogP contribution is 2.15. The highest BCUT2D eigenvalue weighted by molar-refractivity contribution is 5.82. The number of likely N-dealkylation sites (tertiary alicyclic amines) is 1. The maximum Gasteiger partial charge on any atom is 0.151 e. The summed E-state index contributed by atoms with van der Waals surface area (Å²) < 4.78 is 13.4. The van der Waals surface area contributed by atoms with Crippen LogP contribution in [0, 0.1) is 11.7 Å². The summed E-state index contributed by atoms with van der Waals surface area (Å²) in [6, 6.07) is 6.38. The Morgan fingerprint density at radius 3 is 2.89 bits per heavy atom. The van der Waals surface area contributed by atoms with Crippen LogP contribution >= 0.6 is 0 Å². The summed E-state index contributed by atoms with van der Waals surface area (Å²) >= 11 is 0. The van der Waals surface area contributed by atoms with Crippen molar-refractivity contribution in [1.82, 2.24) is 4.90 Å². The van der Waals surface area contributed by atoms with Crippen LogP contribution in [0.5, 0.6) is 0 Å². The second kappa shape index (κ2) is 6.07. The van der Waals surface area contributed by atoms with Gasteiger partial charge in [0.25, 0.3) is 0 Å². The van der Waals surface area contributed by atoms with Gasteiger partial charge in [-0.05, 0) is 30.5 Å². The van der Waals surface area contributed by atoms with Gasteiger partial charge < -0.3 is 5.11 Å². The zero-order chi connectivity index (χ0) is 13.0. The molecule has 0 spiro atoms. The van der Waals surface area contributed by atoms with E-state index in [9.17, 15) is 9.18 Å². The van der Waals surface area contributed by atoms with E-state index in [1.54, 1.807) is 18.2 Å². The van der Waals surface area contributed by atoms with Crippen LogP contribution in [-0.2, 0) is 11.2 Å². The lowest BCUT2D eigenvalue weighted by Gasteiger charge is -2.14. The maximum atomic E-state index is 13.4. The number of carbonyl (C=O) groups excluding carboxylic acids is 1. The van der Waals surface area contributed by atoms with Crippen molar-refractivity contribution in [2.75, 3.05) is 26.2 Å². The number of aliphatic hydroxyl groups is 1. The normalized spacial score (nSPS) is 20.2. The van der Waals surface area contributed by atoms with Crippen LogP contribution in [0.2, 0.25) is 0 Å². The van der Waals surface area contributed by atoms with Crippen LogP contribution < -0.4 is 0 Å². The predicted molar refractivity (Wildman–Crippen MR) is 66.7 cm³/mol. The Kier molecular flexibility index (Phi) is 4.44. The molecule has 4 heteroatoms. The van der Waals surface area contributed by atoms with Crippen LogP contribution in [0.15, 0.2) is 24.3 Å². The largest absolute Gasteiger partial charge is 0.396 e. The Balaban J connectivity index is 1.84. The van der Waals surface area contributed by atoms with Gasteiger partial charge in [0, 0.05) is 19.6 Å². The molecule has 1 saturated heterocycles. The Labute approximate surface area is 106 Å². The third kappa shape index (κ3) is 3.37. The van der Waals surface area contributed by atoms with Crippen LogP contribution in [0.3, 0.4) is 0 Å². The number of aliphatic hydroxyl groups excluding tert-OH is 1. The van der Waals surface area contributed by atoms with Crippen molar-refractivity contribution in [3.05, 3.63) is 35.6 Å². The summed E-state index contributed by atoms with van der Waals surface area (Å²) in [5, 5.41) is 9.03. The number of ketones is 1. The minimum atomic E-state index is -0.319. The number of rotatable bonds is 5. The van der Waals surface area contributed by atoms with E-state index in [2.05, 4.69) is 0 Å². The molecule has 1 fully saturated rings. The van der Waals surface area contributed by atoms with E-state index >= 15 is 0 Å². The molecule has 3 nitrogen and oxygen atoms in total.